The van der Waals surface area contributed by atoms with Crippen molar-refractivity contribution in [1.29, 1.82) is 0 Å². The molecule has 0 radical (unpaired) electrons. The van der Waals surface area contributed by atoms with Gasteiger partial charge in [-0.2, -0.15) is 0 Å². The van der Waals surface area contributed by atoms with Crippen LogP contribution < -0.4 is 9.80 Å². The molecule has 3 fully saturated rings. The number of hydrogen-bond acceptors (Lipinski definition) is 5. The van der Waals surface area contributed by atoms with Gasteiger partial charge in [0.15, 0.2) is 0 Å². The van der Waals surface area contributed by atoms with Crippen LogP contribution in [-0.2, 0) is 0 Å². The summed E-state index contributed by atoms with van der Waals surface area (Å²) in [5, 5.41) is 0. The van der Waals surface area contributed by atoms with E-state index in [2.05, 4.69) is 44.9 Å². The quantitative estimate of drug-likeness (QED) is 0.722. The molecule has 3 aliphatic rings. The minimum atomic E-state index is 0.167. The molecule has 0 atom stereocenters. The molecule has 1 aromatic carbocycles. The Morgan fingerprint density at radius 3 is 2.31 bits per heavy atom. The maximum absolute atomic E-state index is 13.0. The van der Waals surface area contributed by atoms with Crippen LogP contribution in [0.15, 0.2) is 48.7 Å². The molecule has 6 nitrogen and oxygen atoms in total. The molecule has 1 saturated carbocycles. The lowest BCUT2D eigenvalue weighted by Gasteiger charge is -2.48. The maximum Gasteiger partial charge on any atom is 0.253 e. The second-order valence-corrected chi connectivity index (χ2v) is 9.52. The highest BCUT2D eigenvalue weighted by Crippen LogP contribution is 2.27. The van der Waals surface area contributed by atoms with Crippen molar-refractivity contribution in [2.24, 2.45) is 0 Å². The smallest absolute Gasteiger partial charge is 0.253 e. The van der Waals surface area contributed by atoms with Gasteiger partial charge in [-0.05, 0) is 49.2 Å². The lowest BCUT2D eigenvalue weighted by atomic mass is 9.94. The minimum absolute atomic E-state index is 0.167. The topological polar surface area (TPSA) is 42.9 Å². The van der Waals surface area contributed by atoms with Gasteiger partial charge < -0.3 is 14.7 Å². The number of carbonyl (C=O) groups is 1. The van der Waals surface area contributed by atoms with Crippen LogP contribution in [0.1, 0.15) is 42.5 Å². The van der Waals surface area contributed by atoms with Gasteiger partial charge in [-0.3, -0.25) is 9.69 Å². The Hall–Kier alpha value is -2.60. The summed E-state index contributed by atoms with van der Waals surface area (Å²) < 4.78 is 0. The van der Waals surface area contributed by atoms with Gasteiger partial charge >= 0.3 is 0 Å². The van der Waals surface area contributed by atoms with Crippen molar-refractivity contribution in [3.63, 3.8) is 0 Å². The molecule has 2 aromatic rings. The van der Waals surface area contributed by atoms with E-state index in [0.717, 1.165) is 50.6 Å². The number of hydrogen-bond donors (Lipinski definition) is 0. The molecule has 1 aromatic heterocycles. The van der Waals surface area contributed by atoms with E-state index >= 15 is 0 Å². The molecule has 0 N–H and O–H groups in total. The van der Waals surface area contributed by atoms with E-state index < -0.39 is 0 Å². The monoisotopic (exact) mass is 433 g/mol. The van der Waals surface area contributed by atoms with Crippen LogP contribution in [0.25, 0.3) is 0 Å². The normalized spacial score (nSPS) is 20.8. The van der Waals surface area contributed by atoms with Gasteiger partial charge in [0.05, 0.1) is 0 Å². The molecule has 0 unspecified atom stereocenters. The van der Waals surface area contributed by atoms with E-state index in [1.165, 1.54) is 37.8 Å². The zero-order chi connectivity index (χ0) is 21.9. The standard InChI is InChI=1S/C26H35N5O/c1-28(22-7-3-2-4-8-22)23-12-10-21(11-13-23)26(32)31-19-24(20-31)29-15-17-30(18-16-29)25-9-5-6-14-27-25/h5-6,9-14,22,24H,2-4,7-8,15-20H2,1H3. The first-order valence-electron chi connectivity index (χ1n) is 12.2. The fourth-order valence-electron chi connectivity index (χ4n) is 5.41. The number of pyridine rings is 1. The van der Waals surface area contributed by atoms with E-state index in [4.69, 9.17) is 0 Å². The Kier molecular flexibility index (Phi) is 6.30. The fraction of sp³-hybridized carbons (Fsp3) is 0.538. The van der Waals surface area contributed by atoms with Gasteiger partial charge in [-0.1, -0.05) is 25.3 Å². The highest BCUT2D eigenvalue weighted by Gasteiger charge is 2.36. The van der Waals surface area contributed by atoms with Gasteiger partial charge in [0.25, 0.3) is 5.91 Å². The Labute approximate surface area is 191 Å². The number of aromatic nitrogens is 1. The lowest BCUT2D eigenvalue weighted by Crippen LogP contribution is -2.64. The molecule has 2 saturated heterocycles. The third-order valence-corrected chi connectivity index (χ3v) is 7.60. The van der Waals surface area contributed by atoms with Crippen molar-refractivity contribution in [2.45, 2.75) is 44.2 Å². The first-order chi connectivity index (χ1) is 15.7. The van der Waals surface area contributed by atoms with E-state index in [9.17, 15) is 4.79 Å². The Balaban J connectivity index is 1.10. The first kappa shape index (κ1) is 21.3. The zero-order valence-corrected chi connectivity index (χ0v) is 19.2. The third kappa shape index (κ3) is 4.46. The molecule has 6 heteroatoms. The van der Waals surface area contributed by atoms with Crippen molar-refractivity contribution < 1.29 is 4.79 Å². The highest BCUT2D eigenvalue weighted by atomic mass is 16.2. The molecular formula is C26H35N5O. The van der Waals surface area contributed by atoms with E-state index in [-0.39, 0.29) is 5.91 Å². The largest absolute Gasteiger partial charge is 0.372 e. The molecule has 170 valence electrons. The first-order valence-corrected chi connectivity index (χ1v) is 12.2. The van der Waals surface area contributed by atoms with Crippen molar-refractivity contribution in [3.8, 4) is 0 Å². The molecule has 3 heterocycles. The summed E-state index contributed by atoms with van der Waals surface area (Å²) in [6, 6.07) is 15.5. The van der Waals surface area contributed by atoms with Crippen LogP contribution in [-0.4, -0.2) is 79.1 Å². The maximum atomic E-state index is 13.0. The second kappa shape index (κ2) is 9.49. The summed E-state index contributed by atoms with van der Waals surface area (Å²) in [4.78, 5) is 26.7. The minimum Gasteiger partial charge on any atom is -0.372 e. The predicted octanol–water partition coefficient (Wildman–Crippen LogP) is 3.50. The van der Waals surface area contributed by atoms with Gasteiger partial charge in [0.1, 0.15) is 5.82 Å². The molecule has 0 spiro atoms. The number of amides is 1. The summed E-state index contributed by atoms with van der Waals surface area (Å²) in [6.07, 6.45) is 8.46. The van der Waals surface area contributed by atoms with Crippen LogP contribution in [0.4, 0.5) is 11.5 Å². The molecule has 32 heavy (non-hydrogen) atoms. The molecular weight excluding hydrogens is 398 g/mol. The molecule has 0 bridgehead atoms. The lowest BCUT2D eigenvalue weighted by molar-refractivity contribution is 0.0246. The fourth-order valence-corrected chi connectivity index (χ4v) is 5.41. The van der Waals surface area contributed by atoms with Gasteiger partial charge in [-0.25, -0.2) is 4.98 Å². The van der Waals surface area contributed by atoms with Crippen molar-refractivity contribution in [2.75, 3.05) is 56.1 Å². The Morgan fingerprint density at radius 1 is 0.938 bits per heavy atom. The number of benzene rings is 1. The van der Waals surface area contributed by atoms with E-state index in [1.54, 1.807) is 0 Å². The van der Waals surface area contributed by atoms with Crippen molar-refractivity contribution in [3.05, 3.63) is 54.2 Å². The average molecular weight is 434 g/mol. The number of anilines is 2. The molecule has 1 amide bonds. The van der Waals surface area contributed by atoms with Crippen LogP contribution in [0.3, 0.4) is 0 Å². The van der Waals surface area contributed by atoms with Gasteiger partial charge in [-0.15, -0.1) is 0 Å². The number of carbonyl (C=O) groups excluding carboxylic acids is 1. The molecule has 1 aliphatic carbocycles. The average Bonchev–Trinajstić information content (AvgIpc) is 2.84. The van der Waals surface area contributed by atoms with Gasteiger partial charge in [0.2, 0.25) is 0 Å². The number of piperazine rings is 1. The van der Waals surface area contributed by atoms with Gasteiger partial charge in [0, 0.05) is 75.8 Å². The van der Waals surface area contributed by atoms with Crippen LogP contribution in [0.2, 0.25) is 0 Å². The summed E-state index contributed by atoms with van der Waals surface area (Å²) in [6.45, 7) is 5.74. The molecule has 5 rings (SSSR count). The van der Waals surface area contributed by atoms with E-state index in [0.29, 0.717) is 12.1 Å². The van der Waals surface area contributed by atoms with Crippen molar-refractivity contribution >= 4 is 17.4 Å². The summed E-state index contributed by atoms with van der Waals surface area (Å²) in [5.41, 5.74) is 2.03. The number of nitrogens with zero attached hydrogens (tertiary/aromatic N) is 5. The molecule has 2 aliphatic heterocycles. The third-order valence-electron chi connectivity index (χ3n) is 7.60. The van der Waals surface area contributed by atoms with Crippen molar-refractivity contribution in [1.82, 2.24) is 14.8 Å². The highest BCUT2D eigenvalue weighted by molar-refractivity contribution is 5.95. The predicted molar refractivity (Wildman–Crippen MR) is 129 cm³/mol. The van der Waals surface area contributed by atoms with Crippen LogP contribution >= 0.6 is 0 Å². The Bertz CT molecular complexity index is 882. The number of likely N-dealkylation sites (tertiary alicyclic amines) is 1. The SMILES string of the molecule is CN(c1ccc(C(=O)N2CC(N3CCN(c4ccccn4)CC3)C2)cc1)C1CCCCC1. The van der Waals surface area contributed by atoms with E-state index in [1.807, 2.05) is 35.4 Å². The number of rotatable bonds is 5. The summed E-state index contributed by atoms with van der Waals surface area (Å²) in [5.74, 6) is 1.23. The Morgan fingerprint density at radius 2 is 1.66 bits per heavy atom. The van der Waals surface area contributed by atoms with Crippen LogP contribution in [0.5, 0.6) is 0 Å². The summed E-state index contributed by atoms with van der Waals surface area (Å²) in [7, 11) is 2.19. The zero-order valence-electron chi connectivity index (χ0n) is 19.2. The second-order valence-electron chi connectivity index (χ2n) is 9.52. The van der Waals surface area contributed by atoms with Crippen LogP contribution in [0, 0.1) is 0 Å². The summed E-state index contributed by atoms with van der Waals surface area (Å²) >= 11 is 0.